The third kappa shape index (κ3) is 4.09. The van der Waals surface area contributed by atoms with Gasteiger partial charge in [0.15, 0.2) is 11.5 Å². The van der Waals surface area contributed by atoms with Gasteiger partial charge in [-0.05, 0) is 25.0 Å². The van der Waals surface area contributed by atoms with Crippen LogP contribution in [0.1, 0.15) is 25.7 Å². The minimum Gasteiger partial charge on any atom is -0.493 e. The van der Waals surface area contributed by atoms with E-state index in [2.05, 4.69) is 5.32 Å². The number of ether oxygens (including phenoxy) is 2. The highest BCUT2D eigenvalue weighted by molar-refractivity contribution is 5.93. The van der Waals surface area contributed by atoms with E-state index in [1.165, 1.54) is 20.3 Å². The zero-order valence-electron chi connectivity index (χ0n) is 13.1. The zero-order chi connectivity index (χ0) is 17.0. The summed E-state index contributed by atoms with van der Waals surface area (Å²) in [6, 6.07) is 4.70. The standard InChI is InChI=1S/C16H20F3NO3/c1-22-13-8-7-10(9-14(13)23-2)20-15(21)11-5-3-4-6-12(11)16(17,18)19/h7-9,11-12H,3-6H2,1-2H3,(H,20,21)/t11-,12-/m0/s1. The Morgan fingerprint density at radius 2 is 1.78 bits per heavy atom. The van der Waals surface area contributed by atoms with Crippen molar-refractivity contribution in [2.45, 2.75) is 31.9 Å². The van der Waals surface area contributed by atoms with Crippen molar-refractivity contribution >= 4 is 11.6 Å². The summed E-state index contributed by atoms with van der Waals surface area (Å²) in [5.74, 6) is -2.33. The summed E-state index contributed by atoms with van der Waals surface area (Å²) in [6.07, 6.45) is -2.95. The van der Waals surface area contributed by atoms with Gasteiger partial charge in [-0.3, -0.25) is 4.79 Å². The molecule has 1 aliphatic carbocycles. The first-order chi connectivity index (χ1) is 10.9. The number of alkyl halides is 3. The molecule has 1 aromatic carbocycles. The molecule has 0 aromatic heterocycles. The third-order valence-electron chi connectivity index (χ3n) is 4.17. The smallest absolute Gasteiger partial charge is 0.392 e. The Labute approximate surface area is 133 Å². The molecule has 1 fully saturated rings. The molecule has 1 saturated carbocycles. The fourth-order valence-corrected chi connectivity index (χ4v) is 2.99. The van der Waals surface area contributed by atoms with Crippen LogP contribution in [0.3, 0.4) is 0 Å². The Morgan fingerprint density at radius 1 is 1.13 bits per heavy atom. The van der Waals surface area contributed by atoms with Crippen molar-refractivity contribution in [3.63, 3.8) is 0 Å². The molecule has 0 aliphatic heterocycles. The van der Waals surface area contributed by atoms with Crippen molar-refractivity contribution in [2.75, 3.05) is 19.5 Å². The molecule has 1 N–H and O–H groups in total. The second-order valence-electron chi connectivity index (χ2n) is 5.60. The number of hydrogen-bond acceptors (Lipinski definition) is 3. The van der Waals surface area contributed by atoms with E-state index in [0.29, 0.717) is 30.0 Å². The predicted octanol–water partition coefficient (Wildman–Crippen LogP) is 4.01. The van der Waals surface area contributed by atoms with Gasteiger partial charge in [0.05, 0.1) is 20.1 Å². The lowest BCUT2D eigenvalue weighted by molar-refractivity contribution is -0.197. The number of methoxy groups -OCH3 is 2. The number of amides is 1. The number of rotatable bonds is 4. The Bertz CT molecular complexity index is 560. The first-order valence-electron chi connectivity index (χ1n) is 7.46. The highest BCUT2D eigenvalue weighted by Gasteiger charge is 2.48. The summed E-state index contributed by atoms with van der Waals surface area (Å²) in [6.45, 7) is 0. The predicted molar refractivity (Wildman–Crippen MR) is 79.7 cm³/mol. The van der Waals surface area contributed by atoms with E-state index in [9.17, 15) is 18.0 Å². The normalized spacial score (nSPS) is 21.6. The molecule has 0 saturated heterocycles. The van der Waals surface area contributed by atoms with Crippen LogP contribution in [0.5, 0.6) is 11.5 Å². The van der Waals surface area contributed by atoms with E-state index >= 15 is 0 Å². The molecule has 2 rings (SSSR count). The van der Waals surface area contributed by atoms with Gasteiger partial charge in [-0.2, -0.15) is 13.2 Å². The van der Waals surface area contributed by atoms with Crippen LogP contribution in [0.25, 0.3) is 0 Å². The molecular formula is C16H20F3NO3. The van der Waals surface area contributed by atoms with Gasteiger partial charge in [-0.25, -0.2) is 0 Å². The van der Waals surface area contributed by atoms with Crippen LogP contribution in [0, 0.1) is 11.8 Å². The molecule has 4 nitrogen and oxygen atoms in total. The maximum Gasteiger partial charge on any atom is 0.392 e. The summed E-state index contributed by atoms with van der Waals surface area (Å²) in [7, 11) is 2.93. The van der Waals surface area contributed by atoms with Gasteiger partial charge < -0.3 is 14.8 Å². The Kier molecular flexibility index (Phi) is 5.38. The molecule has 128 valence electrons. The van der Waals surface area contributed by atoms with E-state index in [1.54, 1.807) is 12.1 Å². The van der Waals surface area contributed by atoms with Crippen LogP contribution in [-0.4, -0.2) is 26.3 Å². The Balaban J connectivity index is 2.14. The van der Waals surface area contributed by atoms with Crippen molar-refractivity contribution in [1.82, 2.24) is 0 Å². The average Bonchev–Trinajstić information content (AvgIpc) is 2.53. The Morgan fingerprint density at radius 3 is 2.39 bits per heavy atom. The lowest BCUT2D eigenvalue weighted by Crippen LogP contribution is -2.39. The van der Waals surface area contributed by atoms with Gasteiger partial charge in [-0.15, -0.1) is 0 Å². The van der Waals surface area contributed by atoms with Gasteiger partial charge in [0.2, 0.25) is 5.91 Å². The molecule has 2 atom stereocenters. The highest BCUT2D eigenvalue weighted by Crippen LogP contribution is 2.42. The zero-order valence-corrected chi connectivity index (χ0v) is 13.1. The maximum absolute atomic E-state index is 13.1. The summed E-state index contributed by atoms with van der Waals surface area (Å²) >= 11 is 0. The first kappa shape index (κ1) is 17.4. The molecule has 7 heteroatoms. The average molecular weight is 331 g/mol. The summed E-state index contributed by atoms with van der Waals surface area (Å²) < 4.78 is 49.5. The van der Waals surface area contributed by atoms with Gasteiger partial charge in [0.25, 0.3) is 0 Å². The van der Waals surface area contributed by atoms with Gasteiger partial charge >= 0.3 is 6.18 Å². The number of carbonyl (C=O) groups is 1. The van der Waals surface area contributed by atoms with E-state index < -0.39 is 23.9 Å². The van der Waals surface area contributed by atoms with Crippen LogP contribution in [0.4, 0.5) is 18.9 Å². The second kappa shape index (κ2) is 7.10. The van der Waals surface area contributed by atoms with Crippen LogP contribution >= 0.6 is 0 Å². The van der Waals surface area contributed by atoms with Crippen molar-refractivity contribution in [3.8, 4) is 11.5 Å². The van der Waals surface area contributed by atoms with E-state index in [4.69, 9.17) is 9.47 Å². The van der Waals surface area contributed by atoms with Crippen molar-refractivity contribution in [2.24, 2.45) is 11.8 Å². The fourth-order valence-electron chi connectivity index (χ4n) is 2.99. The number of carbonyl (C=O) groups excluding carboxylic acids is 1. The molecule has 0 bridgehead atoms. The molecule has 1 aliphatic rings. The van der Waals surface area contributed by atoms with E-state index in [1.807, 2.05) is 0 Å². The van der Waals surface area contributed by atoms with Gasteiger partial charge in [-0.1, -0.05) is 12.8 Å². The fraction of sp³-hybridized carbons (Fsp3) is 0.562. The minimum atomic E-state index is -4.35. The lowest BCUT2D eigenvalue weighted by atomic mass is 9.78. The monoisotopic (exact) mass is 331 g/mol. The number of halogens is 3. The first-order valence-corrected chi connectivity index (χ1v) is 7.46. The molecule has 1 amide bonds. The quantitative estimate of drug-likeness (QED) is 0.907. The largest absolute Gasteiger partial charge is 0.493 e. The molecule has 0 radical (unpaired) electrons. The molecular weight excluding hydrogens is 311 g/mol. The van der Waals surface area contributed by atoms with Crippen LogP contribution in [-0.2, 0) is 4.79 Å². The molecule has 0 spiro atoms. The number of benzene rings is 1. The topological polar surface area (TPSA) is 47.6 Å². The van der Waals surface area contributed by atoms with Crippen molar-refractivity contribution < 1.29 is 27.4 Å². The van der Waals surface area contributed by atoms with Crippen LogP contribution < -0.4 is 14.8 Å². The summed E-state index contributed by atoms with van der Waals surface area (Å²) in [5, 5.41) is 2.57. The third-order valence-corrected chi connectivity index (χ3v) is 4.17. The molecule has 23 heavy (non-hydrogen) atoms. The minimum absolute atomic E-state index is 0.00746. The van der Waals surface area contributed by atoms with E-state index in [0.717, 1.165) is 0 Å². The lowest BCUT2D eigenvalue weighted by Gasteiger charge is -2.32. The number of anilines is 1. The molecule has 0 unspecified atom stereocenters. The Hall–Kier alpha value is -1.92. The van der Waals surface area contributed by atoms with Gasteiger partial charge in [0.1, 0.15) is 0 Å². The van der Waals surface area contributed by atoms with Crippen LogP contribution in [0.2, 0.25) is 0 Å². The van der Waals surface area contributed by atoms with E-state index in [-0.39, 0.29) is 12.8 Å². The van der Waals surface area contributed by atoms with Crippen LogP contribution in [0.15, 0.2) is 18.2 Å². The molecule has 0 heterocycles. The maximum atomic E-state index is 13.1. The van der Waals surface area contributed by atoms with Crippen molar-refractivity contribution in [3.05, 3.63) is 18.2 Å². The van der Waals surface area contributed by atoms with Gasteiger partial charge in [0, 0.05) is 17.7 Å². The summed E-state index contributed by atoms with van der Waals surface area (Å²) in [5.41, 5.74) is 0.388. The second-order valence-corrected chi connectivity index (χ2v) is 5.60. The van der Waals surface area contributed by atoms with Crippen molar-refractivity contribution in [1.29, 1.82) is 0 Å². The number of hydrogen-bond donors (Lipinski definition) is 1. The SMILES string of the molecule is COc1ccc(NC(=O)[C@H]2CCCC[C@@H]2C(F)(F)F)cc1OC. The molecule has 1 aromatic rings. The number of nitrogens with one attached hydrogen (secondary N) is 1. The highest BCUT2D eigenvalue weighted by atomic mass is 19.4. The summed E-state index contributed by atoms with van der Waals surface area (Å²) in [4.78, 5) is 12.3.